The highest BCUT2D eigenvalue weighted by Crippen LogP contribution is 2.50. The quantitative estimate of drug-likeness (QED) is 0.149. The molecule has 0 N–H and O–H groups in total. The number of hydrogen-bond acceptors (Lipinski definition) is 3. The second kappa shape index (κ2) is 18.0. The highest BCUT2D eigenvalue weighted by molar-refractivity contribution is 6.98. The van der Waals surface area contributed by atoms with Gasteiger partial charge >= 0.3 is 0 Å². The lowest BCUT2D eigenvalue weighted by Gasteiger charge is -2.34. The van der Waals surface area contributed by atoms with Crippen LogP contribution in [0.3, 0.4) is 0 Å². The standard InChI is InChI=1S/C71H60BNO2/c1-45-22-21-31-59-66(45)68(46-23-11-8-12-24-46)58-30-18-17-29-57(58)67(59)51-37-47(49-39-52(70(2,3)4)43-53(40-49)71(5,6)7)36-48(38-51)50-41-64-69-65(42-50)75-63-44-56(34-35-61(63)72(69)60-32-19-20-33-62(60)74-64)73(54-25-13-9-14-26-54)55-27-15-10-16-28-55/h8-21,23-45H,22H2,1-7H3. The smallest absolute Gasteiger partial charge is 0.260 e. The van der Waals surface area contributed by atoms with E-state index in [1.807, 2.05) is 0 Å². The third-order valence-electron chi connectivity index (χ3n) is 15.8. The van der Waals surface area contributed by atoms with E-state index in [2.05, 4.69) is 272 Å². The van der Waals surface area contributed by atoms with Crippen molar-refractivity contribution in [2.24, 2.45) is 0 Å². The first-order chi connectivity index (χ1) is 36.4. The monoisotopic (exact) mass is 969 g/mol. The first kappa shape index (κ1) is 46.5. The molecule has 0 fully saturated rings. The van der Waals surface area contributed by atoms with Crippen molar-refractivity contribution in [1.82, 2.24) is 0 Å². The highest BCUT2D eigenvalue weighted by atomic mass is 16.5. The van der Waals surface area contributed by atoms with Gasteiger partial charge in [0.25, 0.3) is 6.71 Å². The number of benzene rings is 10. The van der Waals surface area contributed by atoms with Crippen molar-refractivity contribution < 1.29 is 9.47 Å². The van der Waals surface area contributed by atoms with Crippen molar-refractivity contribution >= 4 is 57.0 Å². The zero-order chi connectivity index (χ0) is 51.2. The molecule has 3 nitrogen and oxygen atoms in total. The predicted octanol–water partition coefficient (Wildman–Crippen LogP) is 17.8. The van der Waals surface area contributed by atoms with E-state index in [4.69, 9.17) is 9.47 Å². The van der Waals surface area contributed by atoms with Crippen molar-refractivity contribution in [2.45, 2.75) is 71.6 Å². The molecule has 2 aliphatic heterocycles. The third kappa shape index (κ3) is 8.15. The molecule has 0 saturated carbocycles. The van der Waals surface area contributed by atoms with Crippen LogP contribution in [0.2, 0.25) is 0 Å². The van der Waals surface area contributed by atoms with Crippen molar-refractivity contribution in [3.63, 3.8) is 0 Å². The summed E-state index contributed by atoms with van der Waals surface area (Å²) >= 11 is 0. The van der Waals surface area contributed by atoms with Crippen LogP contribution in [0.1, 0.15) is 83.1 Å². The number of ether oxygens (including phenoxy) is 2. The van der Waals surface area contributed by atoms with Crippen molar-refractivity contribution in [3.8, 4) is 67.5 Å². The Kier molecular flexibility index (Phi) is 11.1. The molecule has 2 heterocycles. The van der Waals surface area contributed by atoms with Crippen LogP contribution in [0.5, 0.6) is 23.0 Å². The summed E-state index contributed by atoms with van der Waals surface area (Å²) in [5, 5.41) is 2.52. The molecule has 75 heavy (non-hydrogen) atoms. The molecule has 0 spiro atoms. The molecule has 4 heteroatoms. The van der Waals surface area contributed by atoms with E-state index in [-0.39, 0.29) is 17.5 Å². The van der Waals surface area contributed by atoms with E-state index >= 15 is 0 Å². The highest BCUT2D eigenvalue weighted by Gasteiger charge is 2.41. The van der Waals surface area contributed by atoms with Crippen LogP contribution in [0, 0.1) is 0 Å². The number of nitrogens with zero attached hydrogens (tertiary/aromatic N) is 1. The zero-order valence-corrected chi connectivity index (χ0v) is 43.9. The van der Waals surface area contributed by atoms with Gasteiger partial charge in [0, 0.05) is 28.6 Å². The molecular formula is C71H60BNO2. The molecule has 10 aromatic carbocycles. The zero-order valence-electron chi connectivity index (χ0n) is 43.9. The van der Waals surface area contributed by atoms with E-state index in [0.717, 1.165) is 74.0 Å². The number of anilines is 3. The van der Waals surface area contributed by atoms with Gasteiger partial charge in [0.05, 0.1) is 0 Å². The lowest BCUT2D eigenvalue weighted by atomic mass is 9.35. The fourth-order valence-electron chi connectivity index (χ4n) is 12.0. The summed E-state index contributed by atoms with van der Waals surface area (Å²) in [6, 6.07) is 75.6. The summed E-state index contributed by atoms with van der Waals surface area (Å²) in [6.07, 6.45) is 5.78. The van der Waals surface area contributed by atoms with E-state index in [1.165, 1.54) is 66.4 Å². The van der Waals surface area contributed by atoms with Crippen LogP contribution in [0.15, 0.2) is 212 Å². The second-order valence-corrected chi connectivity index (χ2v) is 22.9. The van der Waals surface area contributed by atoms with Crippen LogP contribution in [-0.4, -0.2) is 6.71 Å². The van der Waals surface area contributed by atoms with Gasteiger partial charge in [-0.3, -0.25) is 0 Å². The summed E-state index contributed by atoms with van der Waals surface area (Å²) in [5.41, 5.74) is 21.3. The number of allylic oxidation sites excluding steroid dienone is 1. The maximum atomic E-state index is 7.28. The van der Waals surface area contributed by atoms with Crippen LogP contribution in [-0.2, 0) is 10.8 Å². The summed E-state index contributed by atoms with van der Waals surface area (Å²) in [5.74, 6) is 3.66. The van der Waals surface area contributed by atoms with Gasteiger partial charge in [-0.2, -0.15) is 0 Å². The van der Waals surface area contributed by atoms with Gasteiger partial charge < -0.3 is 14.4 Å². The van der Waals surface area contributed by atoms with Crippen LogP contribution in [0.4, 0.5) is 17.1 Å². The Labute approximate surface area is 442 Å². The summed E-state index contributed by atoms with van der Waals surface area (Å²) in [7, 11) is 0. The first-order valence-electron chi connectivity index (χ1n) is 26.7. The van der Waals surface area contributed by atoms with Crippen molar-refractivity contribution in [3.05, 3.63) is 235 Å². The molecule has 1 unspecified atom stereocenters. The van der Waals surface area contributed by atoms with Crippen molar-refractivity contribution in [2.75, 3.05) is 4.90 Å². The topological polar surface area (TPSA) is 21.7 Å². The third-order valence-corrected chi connectivity index (χ3v) is 15.8. The minimum atomic E-state index is -0.0821. The average Bonchev–Trinajstić information content (AvgIpc) is 3.47. The summed E-state index contributed by atoms with van der Waals surface area (Å²) < 4.78 is 14.3. The number of rotatable bonds is 7. The van der Waals surface area contributed by atoms with Gasteiger partial charge in [0.1, 0.15) is 23.0 Å². The predicted molar refractivity (Wildman–Crippen MR) is 318 cm³/mol. The number of fused-ring (bicyclic) bond motifs is 6. The Morgan fingerprint density at radius 1 is 0.427 bits per heavy atom. The molecule has 3 aliphatic rings. The molecule has 1 aliphatic carbocycles. The van der Waals surface area contributed by atoms with Gasteiger partial charge in [-0.15, -0.1) is 0 Å². The molecule has 0 amide bonds. The molecule has 10 aromatic rings. The maximum absolute atomic E-state index is 7.28. The van der Waals surface area contributed by atoms with Crippen LogP contribution < -0.4 is 30.8 Å². The SMILES string of the molecule is CC1CC=Cc2c1c(-c1ccccc1)c1ccccc1c2-c1cc(-c2cc(C(C)(C)C)cc(C(C)(C)C)c2)cc(-c2cc3c4c(c2)Oc2cc(N(c5ccccc5)c5ccccc5)ccc2B4c2ccccc2O3)c1. The molecule has 0 radical (unpaired) electrons. The molecule has 0 saturated heterocycles. The Morgan fingerprint density at radius 3 is 1.56 bits per heavy atom. The van der Waals surface area contributed by atoms with E-state index < -0.39 is 0 Å². The van der Waals surface area contributed by atoms with Crippen LogP contribution >= 0.6 is 0 Å². The molecule has 1 atom stereocenters. The normalized spacial score (nSPS) is 14.3. The number of hydrogen-bond donors (Lipinski definition) is 0. The molecule has 13 rings (SSSR count). The van der Waals surface area contributed by atoms with E-state index in [0.29, 0.717) is 5.92 Å². The molecule has 0 bridgehead atoms. The minimum Gasteiger partial charge on any atom is -0.458 e. The lowest BCUT2D eigenvalue weighted by Crippen LogP contribution is -2.57. The summed E-state index contributed by atoms with van der Waals surface area (Å²) in [6.45, 7) is 16.3. The fourth-order valence-corrected chi connectivity index (χ4v) is 12.0. The summed E-state index contributed by atoms with van der Waals surface area (Å²) in [4.78, 5) is 2.30. The first-order valence-corrected chi connectivity index (χ1v) is 26.7. The lowest BCUT2D eigenvalue weighted by molar-refractivity contribution is 0.465. The van der Waals surface area contributed by atoms with E-state index in [1.54, 1.807) is 0 Å². The average molecular weight is 970 g/mol. The van der Waals surface area contributed by atoms with Gasteiger partial charge in [-0.25, -0.2) is 0 Å². The minimum absolute atomic E-state index is 0.0576. The Morgan fingerprint density at radius 2 is 0.933 bits per heavy atom. The largest absolute Gasteiger partial charge is 0.458 e. The van der Waals surface area contributed by atoms with Gasteiger partial charge in [-0.1, -0.05) is 194 Å². The van der Waals surface area contributed by atoms with E-state index in [9.17, 15) is 0 Å². The Balaban J connectivity index is 1.05. The maximum Gasteiger partial charge on any atom is 0.260 e. The van der Waals surface area contributed by atoms with Crippen LogP contribution in [0.25, 0.3) is 61.4 Å². The van der Waals surface area contributed by atoms with Gasteiger partial charge in [-0.05, 0) is 178 Å². The van der Waals surface area contributed by atoms with Gasteiger partial charge in [0.2, 0.25) is 0 Å². The molecule has 0 aromatic heterocycles. The number of para-hydroxylation sites is 3. The second-order valence-electron chi connectivity index (χ2n) is 22.9. The van der Waals surface area contributed by atoms with Gasteiger partial charge in [0.15, 0.2) is 0 Å². The molecular weight excluding hydrogens is 910 g/mol. The van der Waals surface area contributed by atoms with Crippen molar-refractivity contribution in [1.29, 1.82) is 0 Å². The Hall–Kier alpha value is -8.34. The fraction of sp³-hybridized carbons (Fsp3) is 0.155. The molecule has 364 valence electrons. The Bertz CT molecular complexity index is 3830.